The first kappa shape index (κ1) is 11.9. The smallest absolute Gasteiger partial charge is 0.262 e. The number of amides is 1. The SMILES string of the molecule is O=C(NC#CCc1ccccc1)c1ccccc1. The van der Waals surface area contributed by atoms with Crippen molar-refractivity contribution in [2.24, 2.45) is 0 Å². The van der Waals surface area contributed by atoms with Crippen molar-refractivity contribution in [1.82, 2.24) is 5.32 Å². The van der Waals surface area contributed by atoms with Crippen LogP contribution < -0.4 is 5.32 Å². The van der Waals surface area contributed by atoms with E-state index in [0.717, 1.165) is 5.56 Å². The van der Waals surface area contributed by atoms with E-state index in [2.05, 4.69) is 17.3 Å². The number of benzene rings is 2. The fourth-order valence-corrected chi connectivity index (χ4v) is 1.50. The Bertz CT molecular complexity index is 564. The third kappa shape index (κ3) is 3.50. The van der Waals surface area contributed by atoms with Crippen LogP contribution in [0.15, 0.2) is 60.7 Å². The largest absolute Gasteiger partial charge is 0.281 e. The van der Waals surface area contributed by atoms with E-state index in [1.54, 1.807) is 12.1 Å². The van der Waals surface area contributed by atoms with E-state index < -0.39 is 0 Å². The summed E-state index contributed by atoms with van der Waals surface area (Å²) in [5, 5.41) is 2.57. The summed E-state index contributed by atoms with van der Waals surface area (Å²) >= 11 is 0. The van der Waals surface area contributed by atoms with Crippen LogP contribution in [0.25, 0.3) is 0 Å². The lowest BCUT2D eigenvalue weighted by atomic mass is 10.2. The van der Waals surface area contributed by atoms with Gasteiger partial charge in [-0.05, 0) is 17.7 Å². The summed E-state index contributed by atoms with van der Waals surface area (Å²) in [5.41, 5.74) is 1.76. The van der Waals surface area contributed by atoms with Gasteiger partial charge in [-0.1, -0.05) is 54.5 Å². The van der Waals surface area contributed by atoms with Gasteiger partial charge in [0.05, 0.1) is 0 Å². The molecule has 0 spiro atoms. The molecule has 0 unspecified atom stereocenters. The molecule has 2 aromatic rings. The van der Waals surface area contributed by atoms with Crippen LogP contribution in [-0.2, 0) is 6.42 Å². The fraction of sp³-hybridized carbons (Fsp3) is 0.0625. The highest BCUT2D eigenvalue weighted by atomic mass is 16.1. The molecule has 2 rings (SSSR count). The molecule has 18 heavy (non-hydrogen) atoms. The number of carbonyl (C=O) groups excluding carboxylic acids is 1. The molecule has 88 valence electrons. The number of hydrogen-bond acceptors (Lipinski definition) is 1. The molecule has 1 N–H and O–H groups in total. The highest BCUT2D eigenvalue weighted by molar-refractivity contribution is 5.95. The molecule has 0 aliphatic carbocycles. The summed E-state index contributed by atoms with van der Waals surface area (Å²) in [4.78, 5) is 11.6. The highest BCUT2D eigenvalue weighted by Crippen LogP contribution is 1.98. The monoisotopic (exact) mass is 235 g/mol. The Morgan fingerprint density at radius 3 is 2.22 bits per heavy atom. The quantitative estimate of drug-likeness (QED) is 0.629. The number of hydrogen-bond donors (Lipinski definition) is 1. The predicted octanol–water partition coefficient (Wildman–Crippen LogP) is 2.62. The van der Waals surface area contributed by atoms with Gasteiger partial charge in [0.25, 0.3) is 5.91 Å². The van der Waals surface area contributed by atoms with Gasteiger partial charge in [-0.2, -0.15) is 0 Å². The molecule has 2 nitrogen and oxygen atoms in total. The van der Waals surface area contributed by atoms with E-state index in [-0.39, 0.29) is 5.91 Å². The van der Waals surface area contributed by atoms with Crippen molar-refractivity contribution in [1.29, 1.82) is 0 Å². The molecule has 0 heterocycles. The molecule has 2 heteroatoms. The Morgan fingerprint density at radius 1 is 0.944 bits per heavy atom. The molecule has 0 radical (unpaired) electrons. The Kier molecular flexibility index (Phi) is 4.16. The second kappa shape index (κ2) is 6.27. The molecule has 0 saturated carbocycles. The summed E-state index contributed by atoms with van der Waals surface area (Å²) in [7, 11) is 0. The Labute approximate surface area is 107 Å². The van der Waals surface area contributed by atoms with E-state index in [9.17, 15) is 4.79 Å². The first-order valence-corrected chi connectivity index (χ1v) is 5.73. The van der Waals surface area contributed by atoms with Gasteiger partial charge in [0.15, 0.2) is 0 Å². The molecule has 0 fully saturated rings. The zero-order valence-electron chi connectivity index (χ0n) is 9.89. The molecular formula is C16H13NO. The average Bonchev–Trinajstić information content (AvgIpc) is 2.45. The minimum absolute atomic E-state index is 0.170. The zero-order valence-corrected chi connectivity index (χ0v) is 9.89. The van der Waals surface area contributed by atoms with Crippen LogP contribution >= 0.6 is 0 Å². The molecule has 0 atom stereocenters. The lowest BCUT2D eigenvalue weighted by Gasteiger charge is -1.96. The molecule has 0 aliphatic rings. The third-order valence-corrected chi connectivity index (χ3v) is 2.44. The van der Waals surface area contributed by atoms with Crippen molar-refractivity contribution in [3.05, 3.63) is 71.8 Å². The van der Waals surface area contributed by atoms with Gasteiger partial charge >= 0.3 is 0 Å². The molecular weight excluding hydrogens is 222 g/mol. The molecule has 0 bridgehead atoms. The molecule has 2 aromatic carbocycles. The lowest BCUT2D eigenvalue weighted by molar-refractivity contribution is 0.0973. The second-order valence-corrected chi connectivity index (χ2v) is 3.78. The third-order valence-electron chi connectivity index (χ3n) is 2.44. The van der Waals surface area contributed by atoms with Crippen LogP contribution in [0.1, 0.15) is 15.9 Å². The summed E-state index contributed by atoms with van der Waals surface area (Å²) in [6.07, 6.45) is 0.635. The normalized spacial score (nSPS) is 9.11. The average molecular weight is 235 g/mol. The first-order chi connectivity index (χ1) is 8.86. The van der Waals surface area contributed by atoms with E-state index in [0.29, 0.717) is 12.0 Å². The maximum Gasteiger partial charge on any atom is 0.262 e. The minimum atomic E-state index is -0.170. The van der Waals surface area contributed by atoms with E-state index in [4.69, 9.17) is 0 Å². The molecule has 0 aliphatic heterocycles. The molecule has 1 amide bonds. The van der Waals surface area contributed by atoms with Gasteiger partial charge in [-0.3, -0.25) is 10.1 Å². The van der Waals surface area contributed by atoms with Crippen LogP contribution in [-0.4, -0.2) is 5.91 Å². The fourth-order valence-electron chi connectivity index (χ4n) is 1.50. The Hall–Kier alpha value is -2.53. The van der Waals surface area contributed by atoms with Gasteiger partial charge in [0, 0.05) is 18.0 Å². The van der Waals surface area contributed by atoms with E-state index in [1.807, 2.05) is 48.5 Å². The van der Waals surface area contributed by atoms with Crippen LogP contribution in [0.4, 0.5) is 0 Å². The molecule has 0 saturated heterocycles. The van der Waals surface area contributed by atoms with E-state index in [1.165, 1.54) is 0 Å². The van der Waals surface area contributed by atoms with Crippen molar-refractivity contribution in [2.75, 3.05) is 0 Å². The van der Waals surface area contributed by atoms with Gasteiger partial charge in [-0.15, -0.1) is 0 Å². The minimum Gasteiger partial charge on any atom is -0.281 e. The van der Waals surface area contributed by atoms with Crippen LogP contribution in [0.2, 0.25) is 0 Å². The van der Waals surface area contributed by atoms with Crippen molar-refractivity contribution < 1.29 is 4.79 Å². The maximum atomic E-state index is 11.6. The van der Waals surface area contributed by atoms with Crippen molar-refractivity contribution in [3.8, 4) is 12.0 Å². The predicted molar refractivity (Wildman–Crippen MR) is 71.8 cm³/mol. The highest BCUT2D eigenvalue weighted by Gasteiger charge is 2.00. The van der Waals surface area contributed by atoms with Crippen molar-refractivity contribution >= 4 is 5.91 Å². The van der Waals surface area contributed by atoms with Gasteiger partial charge in [0.2, 0.25) is 0 Å². The van der Waals surface area contributed by atoms with E-state index >= 15 is 0 Å². The van der Waals surface area contributed by atoms with Gasteiger partial charge in [-0.25, -0.2) is 0 Å². The van der Waals surface area contributed by atoms with Gasteiger partial charge < -0.3 is 0 Å². The molecule has 0 aromatic heterocycles. The standard InChI is InChI=1S/C16H13NO/c18-16(15-11-5-2-6-12-15)17-13-7-10-14-8-3-1-4-9-14/h1-6,8-9,11-12H,10H2,(H,17,18). The van der Waals surface area contributed by atoms with Crippen molar-refractivity contribution in [2.45, 2.75) is 6.42 Å². The number of rotatable bonds is 2. The topological polar surface area (TPSA) is 29.1 Å². The second-order valence-electron chi connectivity index (χ2n) is 3.78. The lowest BCUT2D eigenvalue weighted by Crippen LogP contribution is -2.17. The first-order valence-electron chi connectivity index (χ1n) is 5.73. The Balaban J connectivity index is 1.88. The maximum absolute atomic E-state index is 11.6. The van der Waals surface area contributed by atoms with Gasteiger partial charge in [0.1, 0.15) is 0 Å². The zero-order chi connectivity index (χ0) is 12.6. The summed E-state index contributed by atoms with van der Waals surface area (Å²) in [6.45, 7) is 0. The summed E-state index contributed by atoms with van der Waals surface area (Å²) in [6, 6.07) is 21.6. The van der Waals surface area contributed by atoms with Crippen LogP contribution in [0.3, 0.4) is 0 Å². The summed E-state index contributed by atoms with van der Waals surface area (Å²) < 4.78 is 0. The summed E-state index contributed by atoms with van der Waals surface area (Å²) in [5.74, 6) is 2.75. The number of nitrogens with one attached hydrogen (secondary N) is 1. The number of carbonyl (C=O) groups is 1. The Morgan fingerprint density at radius 2 is 1.56 bits per heavy atom. The van der Waals surface area contributed by atoms with Crippen LogP contribution in [0, 0.1) is 12.0 Å². The van der Waals surface area contributed by atoms with Crippen LogP contribution in [0.5, 0.6) is 0 Å². The van der Waals surface area contributed by atoms with Crippen molar-refractivity contribution in [3.63, 3.8) is 0 Å².